The number of benzene rings is 1. The highest BCUT2D eigenvalue weighted by Gasteiger charge is 2.17. The molecule has 0 heterocycles. The van der Waals surface area contributed by atoms with Crippen molar-refractivity contribution in [2.75, 3.05) is 13.2 Å². The molecule has 6 heteroatoms. The lowest BCUT2D eigenvalue weighted by atomic mass is 10.1. The van der Waals surface area contributed by atoms with Crippen molar-refractivity contribution >= 4 is 6.16 Å². The second-order valence-corrected chi connectivity index (χ2v) is 6.63. The minimum atomic E-state index is -1.46. The van der Waals surface area contributed by atoms with Crippen molar-refractivity contribution in [1.82, 2.24) is 0 Å². The predicted octanol–water partition coefficient (Wildman–Crippen LogP) is 5.51. The quantitative estimate of drug-likeness (QED) is 0.180. The summed E-state index contributed by atoms with van der Waals surface area (Å²) < 4.78 is 16.4. The van der Waals surface area contributed by atoms with Gasteiger partial charge in [0.25, 0.3) is 0 Å². The average molecular weight is 382 g/mol. The van der Waals surface area contributed by atoms with E-state index in [9.17, 15) is 9.90 Å². The zero-order valence-electron chi connectivity index (χ0n) is 16.6. The molecule has 27 heavy (non-hydrogen) atoms. The number of phenolic OH excluding ortho intramolecular Hbond substituents is 1. The summed E-state index contributed by atoms with van der Waals surface area (Å²) in [6.45, 7) is 5.54. The molecule has 2 N–H and O–H groups in total. The molecule has 154 valence electrons. The van der Waals surface area contributed by atoms with Gasteiger partial charge in [0, 0.05) is 25.2 Å². The molecule has 0 aromatic heterocycles. The van der Waals surface area contributed by atoms with Crippen LogP contribution in [0.25, 0.3) is 0 Å². The maximum Gasteiger partial charge on any atom is 0.511 e. The number of aromatic hydroxyl groups is 1. The van der Waals surface area contributed by atoms with Crippen LogP contribution in [0.3, 0.4) is 0 Å². The van der Waals surface area contributed by atoms with Crippen LogP contribution in [0.5, 0.6) is 11.5 Å². The number of carbonyl (C=O) groups is 1. The first kappa shape index (κ1) is 23.2. The summed E-state index contributed by atoms with van der Waals surface area (Å²) in [7, 11) is 0. The van der Waals surface area contributed by atoms with Crippen LogP contribution >= 0.6 is 0 Å². The van der Waals surface area contributed by atoms with Gasteiger partial charge in [-0.2, -0.15) is 0 Å². The lowest BCUT2D eigenvalue weighted by Gasteiger charge is -2.20. The Morgan fingerprint density at radius 2 is 1.56 bits per heavy atom. The predicted molar refractivity (Wildman–Crippen MR) is 104 cm³/mol. The fourth-order valence-electron chi connectivity index (χ4n) is 2.74. The largest absolute Gasteiger partial charge is 0.511 e. The zero-order valence-corrected chi connectivity index (χ0v) is 16.6. The molecule has 1 aromatic carbocycles. The van der Waals surface area contributed by atoms with Gasteiger partial charge in [0.15, 0.2) is 17.8 Å². The highest BCUT2D eigenvalue weighted by Crippen LogP contribution is 2.31. The van der Waals surface area contributed by atoms with Crippen LogP contribution < -0.4 is 4.74 Å². The van der Waals surface area contributed by atoms with Gasteiger partial charge in [0.1, 0.15) is 0 Å². The summed E-state index contributed by atoms with van der Waals surface area (Å²) >= 11 is 0. The number of hydrogen-bond donors (Lipinski definition) is 2. The Hall–Kier alpha value is -1.79. The molecule has 6 nitrogen and oxygen atoms in total. The van der Waals surface area contributed by atoms with Crippen LogP contribution in [0.15, 0.2) is 18.2 Å². The van der Waals surface area contributed by atoms with Crippen LogP contribution in [0.4, 0.5) is 4.79 Å². The van der Waals surface area contributed by atoms with Gasteiger partial charge in [0.05, 0.1) is 0 Å². The Morgan fingerprint density at radius 3 is 2.07 bits per heavy atom. The molecule has 0 spiro atoms. The van der Waals surface area contributed by atoms with Gasteiger partial charge >= 0.3 is 6.16 Å². The maximum absolute atomic E-state index is 10.7. The molecular formula is C21H34O6. The highest BCUT2D eigenvalue weighted by molar-refractivity contribution is 5.63. The van der Waals surface area contributed by atoms with E-state index < -0.39 is 12.4 Å². The van der Waals surface area contributed by atoms with E-state index in [-0.39, 0.29) is 11.5 Å². The van der Waals surface area contributed by atoms with Gasteiger partial charge < -0.3 is 24.4 Å². The molecule has 0 unspecified atom stereocenters. The number of para-hydroxylation sites is 1. The third-order valence-corrected chi connectivity index (χ3v) is 4.27. The van der Waals surface area contributed by atoms with E-state index in [0.717, 1.165) is 25.7 Å². The van der Waals surface area contributed by atoms with Crippen LogP contribution in [-0.4, -0.2) is 35.9 Å². The van der Waals surface area contributed by atoms with Crippen molar-refractivity contribution in [2.24, 2.45) is 0 Å². The van der Waals surface area contributed by atoms with E-state index in [0.29, 0.717) is 25.2 Å². The second kappa shape index (κ2) is 14.3. The Labute approximate surface area is 162 Å². The van der Waals surface area contributed by atoms with Gasteiger partial charge in [0.2, 0.25) is 0 Å². The van der Waals surface area contributed by atoms with Crippen molar-refractivity contribution in [1.29, 1.82) is 0 Å². The van der Waals surface area contributed by atoms with Crippen molar-refractivity contribution in [3.05, 3.63) is 23.8 Å². The zero-order chi connectivity index (χ0) is 19.9. The Kier molecular flexibility index (Phi) is 12.3. The maximum atomic E-state index is 10.7. The van der Waals surface area contributed by atoms with Crippen molar-refractivity contribution in [3.63, 3.8) is 0 Å². The molecule has 0 aliphatic rings. The summed E-state index contributed by atoms with van der Waals surface area (Å²) in [5, 5.41) is 19.0. The Balaban J connectivity index is 2.63. The van der Waals surface area contributed by atoms with Gasteiger partial charge in [-0.05, 0) is 18.9 Å². The van der Waals surface area contributed by atoms with Crippen LogP contribution in [0.1, 0.15) is 70.8 Å². The fraction of sp³-hybridized carbons (Fsp3) is 0.667. The fourth-order valence-corrected chi connectivity index (χ4v) is 2.74. The minimum absolute atomic E-state index is 0.0790. The van der Waals surface area contributed by atoms with E-state index >= 15 is 0 Å². The summed E-state index contributed by atoms with van der Waals surface area (Å²) in [6.07, 6.45) is 7.28. The first-order valence-corrected chi connectivity index (χ1v) is 10.0. The van der Waals surface area contributed by atoms with Gasteiger partial charge in [-0.25, -0.2) is 4.79 Å². The first-order chi connectivity index (χ1) is 13.1. The lowest BCUT2D eigenvalue weighted by molar-refractivity contribution is -0.142. The molecule has 1 rings (SSSR count). The normalized spacial score (nSPS) is 11.1. The molecule has 0 atom stereocenters. The van der Waals surface area contributed by atoms with Gasteiger partial charge in [-0.1, -0.05) is 64.5 Å². The molecule has 0 amide bonds. The number of rotatable bonds is 15. The number of carboxylic acid groups (broad SMARTS) is 1. The molecule has 0 aliphatic heterocycles. The Morgan fingerprint density at radius 1 is 0.963 bits per heavy atom. The molecular weight excluding hydrogens is 348 g/mol. The SMILES string of the molecule is CCCCCCOC(Cc1cccc(OC(=O)O)c1O)OCCCCCC. The third-order valence-electron chi connectivity index (χ3n) is 4.27. The van der Waals surface area contributed by atoms with Crippen molar-refractivity contribution in [3.8, 4) is 11.5 Å². The van der Waals surface area contributed by atoms with Crippen LogP contribution in [0.2, 0.25) is 0 Å². The van der Waals surface area contributed by atoms with Crippen LogP contribution in [0, 0.1) is 0 Å². The van der Waals surface area contributed by atoms with E-state index in [1.807, 2.05) is 0 Å². The van der Waals surface area contributed by atoms with Crippen LogP contribution in [-0.2, 0) is 15.9 Å². The van der Waals surface area contributed by atoms with Crippen molar-refractivity contribution in [2.45, 2.75) is 77.9 Å². The molecule has 0 aliphatic carbocycles. The highest BCUT2D eigenvalue weighted by atomic mass is 16.7. The van der Waals surface area contributed by atoms with Gasteiger partial charge in [-0.3, -0.25) is 0 Å². The van der Waals surface area contributed by atoms with E-state index in [2.05, 4.69) is 18.6 Å². The van der Waals surface area contributed by atoms with E-state index in [4.69, 9.17) is 14.6 Å². The first-order valence-electron chi connectivity index (χ1n) is 10.0. The monoisotopic (exact) mass is 382 g/mol. The molecule has 1 aromatic rings. The Bertz CT molecular complexity index is 517. The molecule has 0 radical (unpaired) electrons. The van der Waals surface area contributed by atoms with Gasteiger partial charge in [-0.15, -0.1) is 0 Å². The topological polar surface area (TPSA) is 85.2 Å². The smallest absolute Gasteiger partial charge is 0.504 e. The standard InChI is InChI=1S/C21H34O6/c1-3-5-7-9-14-25-19(26-15-10-8-6-4-2)16-17-12-11-13-18(20(17)22)27-21(23)24/h11-13,19,22H,3-10,14-16H2,1-2H3,(H,23,24). The number of ether oxygens (including phenoxy) is 3. The summed E-state index contributed by atoms with van der Waals surface area (Å²) in [5.74, 6) is -0.265. The molecule has 0 saturated heterocycles. The minimum Gasteiger partial charge on any atom is -0.504 e. The number of unbranched alkanes of at least 4 members (excludes halogenated alkanes) is 6. The lowest BCUT2D eigenvalue weighted by Crippen LogP contribution is -2.22. The molecule has 0 fully saturated rings. The molecule has 0 saturated carbocycles. The number of hydrogen-bond acceptors (Lipinski definition) is 5. The summed E-state index contributed by atoms with van der Waals surface area (Å²) in [6, 6.07) is 4.78. The third kappa shape index (κ3) is 10.2. The van der Waals surface area contributed by atoms with E-state index in [1.54, 1.807) is 12.1 Å². The molecule has 0 bridgehead atoms. The van der Waals surface area contributed by atoms with Crippen molar-refractivity contribution < 1.29 is 29.2 Å². The average Bonchev–Trinajstić information content (AvgIpc) is 2.64. The summed E-state index contributed by atoms with van der Waals surface area (Å²) in [5.41, 5.74) is 0.542. The summed E-state index contributed by atoms with van der Waals surface area (Å²) in [4.78, 5) is 10.7. The number of phenols is 1. The second-order valence-electron chi connectivity index (χ2n) is 6.63. The van der Waals surface area contributed by atoms with E-state index in [1.165, 1.54) is 31.7 Å².